The number of benzene rings is 2. The van der Waals surface area contributed by atoms with E-state index < -0.39 is 0 Å². The lowest BCUT2D eigenvalue weighted by molar-refractivity contribution is 0.0731. The van der Waals surface area contributed by atoms with Gasteiger partial charge in [-0.3, -0.25) is 4.79 Å². The second kappa shape index (κ2) is 6.66. The fraction of sp³-hybridized carbons (Fsp3) is 0.200. The summed E-state index contributed by atoms with van der Waals surface area (Å²) in [5, 5.41) is 10.0. The van der Waals surface area contributed by atoms with Gasteiger partial charge in [-0.25, -0.2) is 0 Å². The number of nitriles is 1. The number of carbonyl (C=O) groups is 1. The Balaban J connectivity index is 1.64. The Morgan fingerprint density at radius 3 is 2.88 bits per heavy atom. The van der Waals surface area contributed by atoms with E-state index in [0.29, 0.717) is 24.4 Å². The van der Waals surface area contributed by atoms with Crippen molar-refractivity contribution in [3.63, 3.8) is 0 Å². The third kappa shape index (κ3) is 2.90. The molecule has 0 saturated heterocycles. The van der Waals surface area contributed by atoms with Crippen LogP contribution < -0.4 is 0 Å². The Hall–Kier alpha value is -2.71. The van der Waals surface area contributed by atoms with Gasteiger partial charge in [-0.1, -0.05) is 30.3 Å². The normalized spacial score (nSPS) is 13.5. The maximum Gasteiger partial charge on any atom is 0.255 e. The van der Waals surface area contributed by atoms with Crippen molar-refractivity contribution in [3.8, 4) is 6.07 Å². The number of rotatable bonds is 3. The summed E-state index contributed by atoms with van der Waals surface area (Å²) in [6, 6.07) is 17.9. The number of hydrogen-bond acceptors (Lipinski definition) is 3. The van der Waals surface area contributed by atoms with E-state index in [1.54, 1.807) is 0 Å². The maximum atomic E-state index is 13.1. The molecule has 4 rings (SSSR count). The molecule has 25 heavy (non-hydrogen) atoms. The number of nitrogens with zero attached hydrogens (tertiary/aromatic N) is 2. The second-order valence-electron chi connectivity index (χ2n) is 6.05. The molecule has 0 aliphatic carbocycles. The van der Waals surface area contributed by atoms with E-state index in [2.05, 4.69) is 23.2 Å². The number of para-hydroxylation sites is 1. The minimum absolute atomic E-state index is 0.0389. The summed E-state index contributed by atoms with van der Waals surface area (Å²) in [7, 11) is 0. The number of H-pyrrole nitrogens is 1. The molecule has 2 heterocycles. The molecule has 1 amide bonds. The van der Waals surface area contributed by atoms with Gasteiger partial charge >= 0.3 is 0 Å². The van der Waals surface area contributed by atoms with E-state index >= 15 is 0 Å². The number of fused-ring (bicyclic) bond motifs is 3. The summed E-state index contributed by atoms with van der Waals surface area (Å²) in [4.78, 5) is 19.3. The standard InChI is InChI=1S/C20H17N3OS/c21-10-12-25-19-8-4-2-6-15(19)20(24)23-11-9-18-16(13-23)14-5-1-3-7-17(14)22-18/h1-8,22H,9,11-13H2. The summed E-state index contributed by atoms with van der Waals surface area (Å²) >= 11 is 1.41. The van der Waals surface area contributed by atoms with Crippen LogP contribution in [0, 0.1) is 11.3 Å². The first-order chi connectivity index (χ1) is 12.3. The van der Waals surface area contributed by atoms with E-state index in [9.17, 15) is 4.79 Å². The zero-order valence-electron chi connectivity index (χ0n) is 13.7. The number of thioether (sulfide) groups is 1. The van der Waals surface area contributed by atoms with Crippen LogP contribution in [0.15, 0.2) is 53.4 Å². The van der Waals surface area contributed by atoms with Gasteiger partial charge in [0.05, 0.1) is 17.4 Å². The summed E-state index contributed by atoms with van der Waals surface area (Å²) in [5.41, 5.74) is 4.27. The lowest BCUT2D eigenvalue weighted by Gasteiger charge is -2.28. The molecule has 1 N–H and O–H groups in total. The molecule has 0 atom stereocenters. The van der Waals surface area contributed by atoms with Gasteiger partial charge in [-0.05, 0) is 18.2 Å². The van der Waals surface area contributed by atoms with Crippen LogP contribution in [0.1, 0.15) is 21.6 Å². The highest BCUT2D eigenvalue weighted by atomic mass is 32.2. The van der Waals surface area contributed by atoms with Gasteiger partial charge in [0.15, 0.2) is 0 Å². The van der Waals surface area contributed by atoms with Gasteiger partial charge in [0.2, 0.25) is 0 Å². The van der Waals surface area contributed by atoms with Crippen molar-refractivity contribution < 1.29 is 4.79 Å². The third-order valence-electron chi connectivity index (χ3n) is 4.58. The molecule has 1 aliphatic rings. The molecule has 0 bridgehead atoms. The van der Waals surface area contributed by atoms with Crippen LogP contribution in [0.3, 0.4) is 0 Å². The van der Waals surface area contributed by atoms with Gasteiger partial charge in [-0.2, -0.15) is 5.26 Å². The Labute approximate surface area is 150 Å². The molecular weight excluding hydrogens is 330 g/mol. The molecule has 1 aliphatic heterocycles. The van der Waals surface area contributed by atoms with Gasteiger partial charge in [0.25, 0.3) is 5.91 Å². The highest BCUT2D eigenvalue weighted by molar-refractivity contribution is 7.99. The van der Waals surface area contributed by atoms with Crippen LogP contribution in [0.4, 0.5) is 0 Å². The van der Waals surface area contributed by atoms with Gasteiger partial charge < -0.3 is 9.88 Å². The third-order valence-corrected chi connectivity index (χ3v) is 5.52. The Kier molecular flexibility index (Phi) is 4.21. The average Bonchev–Trinajstić information content (AvgIpc) is 3.04. The smallest absolute Gasteiger partial charge is 0.255 e. The predicted molar refractivity (Wildman–Crippen MR) is 99.5 cm³/mol. The molecule has 3 aromatic rings. The zero-order valence-corrected chi connectivity index (χ0v) is 14.5. The van der Waals surface area contributed by atoms with Crippen LogP contribution in [-0.4, -0.2) is 28.1 Å². The van der Waals surface area contributed by atoms with Gasteiger partial charge in [0.1, 0.15) is 0 Å². The second-order valence-corrected chi connectivity index (χ2v) is 7.06. The van der Waals surface area contributed by atoms with Gasteiger partial charge in [-0.15, -0.1) is 11.8 Å². The van der Waals surface area contributed by atoms with Crippen LogP contribution in [0.2, 0.25) is 0 Å². The molecule has 0 radical (unpaired) electrons. The zero-order chi connectivity index (χ0) is 17.2. The average molecular weight is 347 g/mol. The fourth-order valence-corrected chi connectivity index (χ4v) is 4.10. The van der Waals surface area contributed by atoms with Crippen molar-refractivity contribution in [2.75, 3.05) is 12.3 Å². The topological polar surface area (TPSA) is 59.9 Å². The van der Waals surface area contributed by atoms with Crippen molar-refractivity contribution in [2.24, 2.45) is 0 Å². The molecular formula is C20H17N3OS. The number of aromatic nitrogens is 1. The van der Waals surface area contributed by atoms with Crippen LogP contribution in [0.5, 0.6) is 0 Å². The molecule has 0 fully saturated rings. The molecule has 0 spiro atoms. The van der Waals surface area contributed by atoms with E-state index in [1.807, 2.05) is 41.3 Å². The van der Waals surface area contributed by atoms with Gasteiger partial charge in [0, 0.05) is 46.6 Å². The van der Waals surface area contributed by atoms with Crippen molar-refractivity contribution in [1.82, 2.24) is 9.88 Å². The fourth-order valence-electron chi connectivity index (χ4n) is 3.39. The molecule has 0 saturated carbocycles. The summed E-state index contributed by atoms with van der Waals surface area (Å²) in [5.74, 6) is 0.383. The Morgan fingerprint density at radius 2 is 2.00 bits per heavy atom. The maximum absolute atomic E-state index is 13.1. The van der Waals surface area contributed by atoms with Crippen LogP contribution in [-0.2, 0) is 13.0 Å². The number of nitrogens with one attached hydrogen (secondary N) is 1. The molecule has 0 unspecified atom stereocenters. The molecule has 4 nitrogen and oxygen atoms in total. The highest BCUT2D eigenvalue weighted by Gasteiger charge is 2.25. The van der Waals surface area contributed by atoms with E-state index in [1.165, 1.54) is 28.4 Å². The summed E-state index contributed by atoms with van der Waals surface area (Å²) in [6.07, 6.45) is 0.837. The number of aromatic amines is 1. The predicted octanol–water partition coefficient (Wildman–Crippen LogP) is 3.98. The summed E-state index contributed by atoms with van der Waals surface area (Å²) < 4.78 is 0. The quantitative estimate of drug-likeness (QED) is 0.729. The molecule has 2 aromatic carbocycles. The van der Waals surface area contributed by atoms with E-state index in [4.69, 9.17) is 5.26 Å². The first-order valence-corrected chi connectivity index (χ1v) is 9.23. The van der Waals surface area contributed by atoms with Crippen molar-refractivity contribution in [2.45, 2.75) is 17.9 Å². The monoisotopic (exact) mass is 347 g/mol. The lowest BCUT2D eigenvalue weighted by atomic mass is 10.0. The first-order valence-electron chi connectivity index (χ1n) is 8.24. The number of carbonyl (C=O) groups excluding carboxylic acids is 1. The molecule has 1 aromatic heterocycles. The van der Waals surface area contributed by atoms with Crippen molar-refractivity contribution >= 4 is 28.6 Å². The lowest BCUT2D eigenvalue weighted by Crippen LogP contribution is -2.36. The van der Waals surface area contributed by atoms with Crippen molar-refractivity contribution in [3.05, 3.63) is 65.4 Å². The summed E-state index contributed by atoms with van der Waals surface area (Å²) in [6.45, 7) is 1.32. The molecule has 5 heteroatoms. The van der Waals surface area contributed by atoms with Crippen molar-refractivity contribution in [1.29, 1.82) is 5.26 Å². The SMILES string of the molecule is N#CCSc1ccccc1C(=O)N1CCc2[nH]c3ccccc3c2C1. The highest BCUT2D eigenvalue weighted by Crippen LogP contribution is 2.30. The largest absolute Gasteiger partial charge is 0.358 e. The van der Waals surface area contributed by atoms with E-state index in [0.717, 1.165) is 16.8 Å². The first kappa shape index (κ1) is 15.8. The van der Waals surface area contributed by atoms with E-state index in [-0.39, 0.29) is 5.91 Å². The Bertz CT molecular complexity index is 986. The minimum atomic E-state index is 0.0389. The molecule has 124 valence electrons. The Morgan fingerprint density at radius 1 is 1.20 bits per heavy atom. The minimum Gasteiger partial charge on any atom is -0.358 e. The van der Waals surface area contributed by atoms with Crippen LogP contribution in [0.25, 0.3) is 10.9 Å². The van der Waals surface area contributed by atoms with Crippen LogP contribution >= 0.6 is 11.8 Å². The number of amides is 1. The number of hydrogen-bond donors (Lipinski definition) is 1.